The third kappa shape index (κ3) is 3.03. The van der Waals surface area contributed by atoms with Crippen molar-refractivity contribution >= 4 is 22.6 Å². The van der Waals surface area contributed by atoms with Gasteiger partial charge in [-0.15, -0.1) is 0 Å². The number of nitrogens with two attached hydrogens (primary N) is 1. The molecule has 3 rings (SSSR count). The normalized spacial score (nSPS) is 16.0. The molecule has 2 aromatic rings. The summed E-state index contributed by atoms with van der Waals surface area (Å²) in [6, 6.07) is 5.75. The van der Waals surface area contributed by atoms with E-state index >= 15 is 0 Å². The van der Waals surface area contributed by atoms with E-state index in [0.717, 1.165) is 31.2 Å². The third-order valence-electron chi connectivity index (χ3n) is 4.81. The first-order valence-electron chi connectivity index (χ1n) is 8.74. The van der Waals surface area contributed by atoms with Crippen molar-refractivity contribution in [2.75, 3.05) is 12.3 Å². The van der Waals surface area contributed by atoms with Gasteiger partial charge in [-0.1, -0.05) is 31.7 Å². The summed E-state index contributed by atoms with van der Waals surface area (Å²) in [6.07, 6.45) is 8.58. The van der Waals surface area contributed by atoms with E-state index in [0.29, 0.717) is 11.1 Å². The zero-order valence-electron chi connectivity index (χ0n) is 14.1. The summed E-state index contributed by atoms with van der Waals surface area (Å²) in [4.78, 5) is 25.0. The van der Waals surface area contributed by atoms with Gasteiger partial charge in [0.2, 0.25) is 5.43 Å². The van der Waals surface area contributed by atoms with E-state index in [-0.39, 0.29) is 23.6 Å². The maximum atomic E-state index is 12.8. The number of pyridine rings is 1. The van der Waals surface area contributed by atoms with E-state index < -0.39 is 5.97 Å². The van der Waals surface area contributed by atoms with Gasteiger partial charge in [0.1, 0.15) is 5.56 Å². The molecule has 0 unspecified atom stereocenters. The van der Waals surface area contributed by atoms with E-state index in [4.69, 9.17) is 10.5 Å². The second-order valence-corrected chi connectivity index (χ2v) is 6.39. The first-order chi connectivity index (χ1) is 11.6. The summed E-state index contributed by atoms with van der Waals surface area (Å²) in [5.74, 6) is -0.574. The van der Waals surface area contributed by atoms with Crippen molar-refractivity contribution in [1.82, 2.24) is 4.57 Å². The summed E-state index contributed by atoms with van der Waals surface area (Å²) in [6.45, 7) is 1.97. The maximum absolute atomic E-state index is 12.8. The lowest BCUT2D eigenvalue weighted by atomic mass is 10.0. The Balaban J connectivity index is 2.23. The molecule has 1 fully saturated rings. The van der Waals surface area contributed by atoms with Crippen LogP contribution in [0.5, 0.6) is 0 Å². The highest BCUT2D eigenvalue weighted by Crippen LogP contribution is 2.30. The molecule has 1 saturated carbocycles. The molecule has 1 aromatic carbocycles. The molecule has 1 aliphatic rings. The molecule has 24 heavy (non-hydrogen) atoms. The Bertz CT molecular complexity index is 802. The van der Waals surface area contributed by atoms with Gasteiger partial charge in [-0.25, -0.2) is 4.79 Å². The molecule has 2 N–H and O–H groups in total. The lowest BCUT2D eigenvalue weighted by Gasteiger charge is -2.22. The average molecular weight is 328 g/mol. The monoisotopic (exact) mass is 328 g/mol. The van der Waals surface area contributed by atoms with Crippen molar-refractivity contribution in [1.29, 1.82) is 0 Å². The number of nitrogens with zero attached hydrogens (tertiary/aromatic N) is 1. The summed E-state index contributed by atoms with van der Waals surface area (Å²) in [5, 5.41) is 0.423. The van der Waals surface area contributed by atoms with Crippen molar-refractivity contribution in [3.8, 4) is 0 Å². The Hall–Kier alpha value is -2.30. The minimum absolute atomic E-state index is 0.0755. The van der Waals surface area contributed by atoms with E-state index in [1.54, 1.807) is 19.2 Å². The van der Waals surface area contributed by atoms with Gasteiger partial charge in [0.05, 0.1) is 17.5 Å². The van der Waals surface area contributed by atoms with Crippen LogP contribution in [0.2, 0.25) is 0 Å². The largest absolute Gasteiger partial charge is 0.462 e. The van der Waals surface area contributed by atoms with E-state index in [1.165, 1.54) is 12.8 Å². The Labute approximate surface area is 141 Å². The molecule has 1 heterocycles. The van der Waals surface area contributed by atoms with Crippen molar-refractivity contribution in [2.45, 2.75) is 51.5 Å². The number of ether oxygens (including phenoxy) is 1. The van der Waals surface area contributed by atoms with E-state index in [1.807, 2.05) is 12.1 Å². The number of rotatable bonds is 3. The molecule has 5 heteroatoms. The molecule has 0 aliphatic heterocycles. The van der Waals surface area contributed by atoms with Crippen LogP contribution in [-0.2, 0) is 4.74 Å². The number of fused-ring (bicyclic) bond motifs is 1. The van der Waals surface area contributed by atoms with Crippen LogP contribution in [-0.4, -0.2) is 17.1 Å². The van der Waals surface area contributed by atoms with Crippen molar-refractivity contribution in [2.24, 2.45) is 0 Å². The number of anilines is 1. The zero-order valence-corrected chi connectivity index (χ0v) is 14.1. The SMILES string of the molecule is CCOC(=O)c1cn(C2CCCCCC2)c2cccc(N)c2c1=O. The molecule has 0 bridgehead atoms. The highest BCUT2D eigenvalue weighted by Gasteiger charge is 2.22. The topological polar surface area (TPSA) is 74.3 Å². The van der Waals surface area contributed by atoms with Crippen LogP contribution in [0, 0.1) is 0 Å². The molecule has 0 saturated heterocycles. The molecular weight excluding hydrogens is 304 g/mol. The molecule has 1 aromatic heterocycles. The van der Waals surface area contributed by atoms with Crippen molar-refractivity contribution in [3.05, 3.63) is 40.2 Å². The smallest absolute Gasteiger partial charge is 0.343 e. The number of nitrogen functional groups attached to an aromatic ring is 1. The maximum Gasteiger partial charge on any atom is 0.343 e. The molecule has 128 valence electrons. The van der Waals surface area contributed by atoms with Crippen LogP contribution in [0.1, 0.15) is 61.8 Å². The van der Waals surface area contributed by atoms with Crippen LogP contribution in [0.4, 0.5) is 5.69 Å². The van der Waals surface area contributed by atoms with Crippen LogP contribution in [0.3, 0.4) is 0 Å². The second-order valence-electron chi connectivity index (χ2n) is 6.39. The van der Waals surface area contributed by atoms with Gasteiger partial charge in [-0.3, -0.25) is 4.79 Å². The van der Waals surface area contributed by atoms with Gasteiger partial charge in [-0.05, 0) is 31.9 Å². The summed E-state index contributed by atoms with van der Waals surface area (Å²) >= 11 is 0. The third-order valence-corrected chi connectivity index (χ3v) is 4.81. The summed E-state index contributed by atoms with van der Waals surface area (Å²) in [7, 11) is 0. The van der Waals surface area contributed by atoms with Gasteiger partial charge in [0, 0.05) is 17.9 Å². The minimum atomic E-state index is -0.574. The molecule has 0 radical (unpaired) electrons. The van der Waals surface area contributed by atoms with Crippen molar-refractivity contribution < 1.29 is 9.53 Å². The number of aromatic nitrogens is 1. The van der Waals surface area contributed by atoms with Crippen LogP contribution in [0.25, 0.3) is 10.9 Å². The van der Waals surface area contributed by atoms with Gasteiger partial charge in [0.25, 0.3) is 0 Å². The lowest BCUT2D eigenvalue weighted by molar-refractivity contribution is 0.0524. The fraction of sp³-hybridized carbons (Fsp3) is 0.474. The molecule has 0 atom stereocenters. The van der Waals surface area contributed by atoms with Gasteiger partial charge in [-0.2, -0.15) is 0 Å². The summed E-state index contributed by atoms with van der Waals surface area (Å²) in [5.41, 5.74) is 7.01. The van der Waals surface area contributed by atoms with Gasteiger partial charge in [0.15, 0.2) is 0 Å². The molecule has 1 aliphatic carbocycles. The highest BCUT2D eigenvalue weighted by molar-refractivity contribution is 5.97. The van der Waals surface area contributed by atoms with Gasteiger partial charge < -0.3 is 15.0 Å². The molecule has 5 nitrogen and oxygen atoms in total. The first-order valence-corrected chi connectivity index (χ1v) is 8.74. The predicted molar refractivity (Wildman–Crippen MR) is 95.3 cm³/mol. The second kappa shape index (κ2) is 7.07. The Kier molecular flexibility index (Phi) is 4.88. The fourth-order valence-electron chi connectivity index (χ4n) is 3.61. The molecule has 0 amide bonds. The van der Waals surface area contributed by atoms with Gasteiger partial charge >= 0.3 is 5.97 Å². The molecule has 0 spiro atoms. The van der Waals surface area contributed by atoms with E-state index in [9.17, 15) is 9.59 Å². The van der Waals surface area contributed by atoms with E-state index in [2.05, 4.69) is 4.57 Å². The standard InChI is InChI=1S/C19H24N2O3/c1-2-24-19(23)14-12-21(13-8-5-3-4-6-9-13)16-11-7-10-15(20)17(16)18(14)22/h7,10-13H,2-6,8-9,20H2,1H3. The number of benzene rings is 1. The number of hydrogen-bond acceptors (Lipinski definition) is 4. The Morgan fingerprint density at radius 3 is 2.62 bits per heavy atom. The molecular formula is C19H24N2O3. The zero-order chi connectivity index (χ0) is 17.1. The Morgan fingerprint density at radius 2 is 1.96 bits per heavy atom. The predicted octanol–water partition coefficient (Wildman–Crippen LogP) is 3.66. The lowest BCUT2D eigenvalue weighted by Crippen LogP contribution is -2.23. The fourth-order valence-corrected chi connectivity index (χ4v) is 3.61. The summed E-state index contributed by atoms with van der Waals surface area (Å²) < 4.78 is 7.15. The van der Waals surface area contributed by atoms with Crippen LogP contribution >= 0.6 is 0 Å². The Morgan fingerprint density at radius 1 is 1.25 bits per heavy atom. The highest BCUT2D eigenvalue weighted by atomic mass is 16.5. The number of hydrogen-bond donors (Lipinski definition) is 1. The quantitative estimate of drug-likeness (QED) is 0.530. The average Bonchev–Trinajstić information content (AvgIpc) is 2.84. The number of carbonyl (C=O) groups is 1. The first kappa shape index (κ1) is 16.6. The van der Waals surface area contributed by atoms with Crippen molar-refractivity contribution in [3.63, 3.8) is 0 Å². The minimum Gasteiger partial charge on any atom is -0.462 e. The van der Waals surface area contributed by atoms with Crippen LogP contribution in [0.15, 0.2) is 29.2 Å². The number of esters is 1. The van der Waals surface area contributed by atoms with Crippen LogP contribution < -0.4 is 11.2 Å². The number of carbonyl (C=O) groups excluding carboxylic acids is 1.